The fraction of sp³-hybridized carbons (Fsp3) is 0.615. The summed E-state index contributed by atoms with van der Waals surface area (Å²) in [6, 6.07) is 1.67. The molecule has 5 heteroatoms. The molecule has 0 unspecified atom stereocenters. The highest BCUT2D eigenvalue weighted by molar-refractivity contribution is 5.94. The number of hydrogen-bond acceptors (Lipinski definition) is 4. The minimum atomic E-state index is -0.290. The van der Waals surface area contributed by atoms with E-state index in [2.05, 4.69) is 17.2 Å². The van der Waals surface area contributed by atoms with E-state index in [0.717, 1.165) is 25.4 Å². The van der Waals surface area contributed by atoms with Gasteiger partial charge in [-0.25, -0.2) is 5.84 Å². The summed E-state index contributed by atoms with van der Waals surface area (Å²) in [5.74, 6) is 6.40. The zero-order valence-electron chi connectivity index (χ0n) is 10.8. The van der Waals surface area contributed by atoms with Gasteiger partial charge in [0.05, 0.1) is 18.4 Å². The molecule has 18 heavy (non-hydrogen) atoms. The maximum atomic E-state index is 11.6. The summed E-state index contributed by atoms with van der Waals surface area (Å²) < 4.78 is 5.41. The number of hydrazine groups is 1. The van der Waals surface area contributed by atoms with Crippen LogP contribution in [0.25, 0.3) is 0 Å². The van der Waals surface area contributed by atoms with Crippen molar-refractivity contribution in [2.45, 2.75) is 32.7 Å². The maximum absolute atomic E-state index is 11.6. The Balaban J connectivity index is 2.00. The topological polar surface area (TPSA) is 71.5 Å². The Bertz CT molecular complexity index is 399. The van der Waals surface area contributed by atoms with Crippen LogP contribution in [-0.2, 0) is 6.54 Å². The summed E-state index contributed by atoms with van der Waals surface area (Å²) in [6.45, 7) is 4.97. The predicted molar refractivity (Wildman–Crippen MR) is 68.7 cm³/mol. The lowest BCUT2D eigenvalue weighted by molar-refractivity contribution is 0.0949. The summed E-state index contributed by atoms with van der Waals surface area (Å²) in [5.41, 5.74) is 2.69. The zero-order chi connectivity index (χ0) is 13.0. The van der Waals surface area contributed by atoms with Crippen molar-refractivity contribution in [2.24, 2.45) is 11.8 Å². The molecular formula is C13H21N3O2. The fourth-order valence-corrected chi connectivity index (χ4v) is 2.16. The maximum Gasteiger partial charge on any atom is 0.268 e. The van der Waals surface area contributed by atoms with Crippen molar-refractivity contribution >= 4 is 5.91 Å². The van der Waals surface area contributed by atoms with E-state index in [1.54, 1.807) is 12.3 Å². The van der Waals surface area contributed by atoms with Gasteiger partial charge in [-0.15, -0.1) is 0 Å². The first-order valence-corrected chi connectivity index (χ1v) is 6.54. The normalized spacial score (nSPS) is 15.1. The molecule has 2 rings (SSSR count). The number of rotatable bonds is 7. The number of carbonyl (C=O) groups is 1. The van der Waals surface area contributed by atoms with Crippen LogP contribution in [0.3, 0.4) is 0 Å². The molecule has 3 N–H and O–H groups in total. The van der Waals surface area contributed by atoms with Gasteiger partial charge >= 0.3 is 0 Å². The molecule has 0 atom stereocenters. The Hall–Kier alpha value is -1.33. The highest BCUT2D eigenvalue weighted by atomic mass is 16.3. The Kier molecular flexibility index (Phi) is 4.38. The molecule has 0 saturated heterocycles. The van der Waals surface area contributed by atoms with Crippen molar-refractivity contribution < 1.29 is 9.21 Å². The second-order valence-corrected chi connectivity index (χ2v) is 4.91. The van der Waals surface area contributed by atoms with Gasteiger partial charge in [-0.3, -0.25) is 15.1 Å². The molecule has 0 aromatic carbocycles. The largest absolute Gasteiger partial charge is 0.467 e. The van der Waals surface area contributed by atoms with Crippen molar-refractivity contribution in [1.82, 2.24) is 10.3 Å². The fourth-order valence-electron chi connectivity index (χ4n) is 2.16. The number of amides is 1. The number of nitrogens with two attached hydrogens (primary N) is 1. The number of hydrogen-bond donors (Lipinski definition) is 2. The molecule has 1 saturated carbocycles. The monoisotopic (exact) mass is 251 g/mol. The van der Waals surface area contributed by atoms with Gasteiger partial charge in [0.2, 0.25) is 0 Å². The van der Waals surface area contributed by atoms with E-state index >= 15 is 0 Å². The van der Waals surface area contributed by atoms with Crippen LogP contribution < -0.4 is 11.3 Å². The summed E-state index contributed by atoms with van der Waals surface area (Å²) >= 11 is 0. The summed E-state index contributed by atoms with van der Waals surface area (Å²) in [6.07, 6.45) is 5.30. The van der Waals surface area contributed by atoms with Gasteiger partial charge in [-0.2, -0.15) is 0 Å². The molecule has 0 spiro atoms. The van der Waals surface area contributed by atoms with Crippen molar-refractivity contribution in [2.75, 3.05) is 13.1 Å². The van der Waals surface area contributed by atoms with E-state index < -0.39 is 0 Å². The Morgan fingerprint density at radius 2 is 2.39 bits per heavy atom. The van der Waals surface area contributed by atoms with Gasteiger partial charge in [0.25, 0.3) is 5.91 Å². The standard InChI is InChI=1S/C13H21N3O2/c1-2-6-16(8-10-3-4-10)9-12-11(5-7-18-12)13(17)15-14/h5,7,10H,2-4,6,8-9,14H2,1H3,(H,15,17). The Morgan fingerprint density at radius 1 is 1.61 bits per heavy atom. The van der Waals surface area contributed by atoms with Gasteiger partial charge in [0.15, 0.2) is 0 Å². The average Bonchev–Trinajstić information content (AvgIpc) is 3.05. The predicted octanol–water partition coefficient (Wildman–Crippen LogP) is 1.51. The van der Waals surface area contributed by atoms with Gasteiger partial charge in [-0.1, -0.05) is 6.92 Å². The van der Waals surface area contributed by atoms with E-state index in [1.807, 2.05) is 0 Å². The minimum Gasteiger partial charge on any atom is -0.467 e. The van der Waals surface area contributed by atoms with Crippen LogP contribution in [0.4, 0.5) is 0 Å². The van der Waals surface area contributed by atoms with Gasteiger partial charge in [0.1, 0.15) is 5.76 Å². The summed E-state index contributed by atoms with van der Waals surface area (Å²) in [7, 11) is 0. The molecule has 0 bridgehead atoms. The van der Waals surface area contributed by atoms with Crippen LogP contribution in [0.15, 0.2) is 16.7 Å². The average molecular weight is 251 g/mol. The van der Waals surface area contributed by atoms with E-state index in [9.17, 15) is 4.79 Å². The summed E-state index contributed by atoms with van der Waals surface area (Å²) in [5, 5.41) is 0. The SMILES string of the molecule is CCCN(Cc1occc1C(=O)NN)CC1CC1. The Morgan fingerprint density at radius 3 is 3.00 bits per heavy atom. The lowest BCUT2D eigenvalue weighted by atomic mass is 10.2. The number of nitrogens with one attached hydrogen (secondary N) is 1. The molecule has 0 aliphatic heterocycles. The van der Waals surface area contributed by atoms with Gasteiger partial charge < -0.3 is 4.42 Å². The first-order chi connectivity index (χ1) is 8.74. The summed E-state index contributed by atoms with van der Waals surface area (Å²) in [4.78, 5) is 13.9. The minimum absolute atomic E-state index is 0.290. The molecular weight excluding hydrogens is 230 g/mol. The van der Waals surface area contributed by atoms with Crippen molar-refractivity contribution in [3.8, 4) is 0 Å². The zero-order valence-corrected chi connectivity index (χ0v) is 10.8. The number of carbonyl (C=O) groups excluding carboxylic acids is 1. The van der Waals surface area contributed by atoms with Crippen LogP contribution in [0.1, 0.15) is 42.3 Å². The molecule has 1 aromatic rings. The molecule has 1 aliphatic rings. The van der Waals surface area contributed by atoms with Crippen LogP contribution in [0.2, 0.25) is 0 Å². The van der Waals surface area contributed by atoms with E-state index in [-0.39, 0.29) is 5.91 Å². The highest BCUT2D eigenvalue weighted by Gasteiger charge is 2.25. The van der Waals surface area contributed by atoms with Crippen molar-refractivity contribution in [3.05, 3.63) is 23.7 Å². The second-order valence-electron chi connectivity index (χ2n) is 4.91. The molecule has 1 fully saturated rings. The molecule has 1 amide bonds. The third-order valence-corrected chi connectivity index (χ3v) is 3.24. The van der Waals surface area contributed by atoms with Crippen LogP contribution >= 0.6 is 0 Å². The Labute approximate surface area is 107 Å². The van der Waals surface area contributed by atoms with Crippen molar-refractivity contribution in [1.29, 1.82) is 0 Å². The van der Waals surface area contributed by atoms with E-state index in [4.69, 9.17) is 10.3 Å². The van der Waals surface area contributed by atoms with E-state index in [1.165, 1.54) is 12.8 Å². The van der Waals surface area contributed by atoms with Crippen LogP contribution in [-0.4, -0.2) is 23.9 Å². The molecule has 1 heterocycles. The van der Waals surface area contributed by atoms with Gasteiger partial charge in [0, 0.05) is 6.54 Å². The second kappa shape index (κ2) is 6.02. The number of nitrogens with zero attached hydrogens (tertiary/aromatic N) is 1. The first-order valence-electron chi connectivity index (χ1n) is 6.54. The lowest BCUT2D eigenvalue weighted by Gasteiger charge is -2.20. The molecule has 0 radical (unpaired) electrons. The third-order valence-electron chi connectivity index (χ3n) is 3.24. The van der Waals surface area contributed by atoms with Gasteiger partial charge in [-0.05, 0) is 37.8 Å². The third kappa shape index (κ3) is 3.34. The quantitative estimate of drug-likeness (QED) is 0.438. The van der Waals surface area contributed by atoms with Crippen molar-refractivity contribution in [3.63, 3.8) is 0 Å². The molecule has 5 nitrogen and oxygen atoms in total. The molecule has 1 aliphatic carbocycles. The molecule has 100 valence electrons. The van der Waals surface area contributed by atoms with Crippen LogP contribution in [0.5, 0.6) is 0 Å². The lowest BCUT2D eigenvalue weighted by Crippen LogP contribution is -2.32. The molecule has 1 aromatic heterocycles. The van der Waals surface area contributed by atoms with Crippen LogP contribution in [0, 0.1) is 5.92 Å². The highest BCUT2D eigenvalue weighted by Crippen LogP contribution is 2.30. The number of nitrogen functional groups attached to an aromatic ring is 1. The first kappa shape index (κ1) is 13.1. The smallest absolute Gasteiger partial charge is 0.268 e. The van der Waals surface area contributed by atoms with E-state index in [0.29, 0.717) is 17.9 Å². The number of furan rings is 1.